The molecular formula is C16H20F2N2O2. The third-order valence-electron chi connectivity index (χ3n) is 3.79. The van der Waals surface area contributed by atoms with Gasteiger partial charge < -0.3 is 10.0 Å². The van der Waals surface area contributed by atoms with Gasteiger partial charge in [0, 0.05) is 31.6 Å². The van der Waals surface area contributed by atoms with Crippen molar-refractivity contribution < 1.29 is 18.7 Å². The van der Waals surface area contributed by atoms with E-state index in [4.69, 9.17) is 0 Å². The molecule has 1 aromatic heterocycles. The first-order valence-corrected chi connectivity index (χ1v) is 7.40. The molecule has 1 aromatic rings. The van der Waals surface area contributed by atoms with E-state index in [1.54, 1.807) is 17.0 Å². The number of hydrogen-bond acceptors (Lipinski definition) is 3. The molecule has 1 saturated heterocycles. The molecule has 0 spiro atoms. The van der Waals surface area contributed by atoms with Gasteiger partial charge in [0.2, 0.25) is 5.92 Å². The molecule has 1 N–H and O–H groups in total. The van der Waals surface area contributed by atoms with Gasteiger partial charge in [-0.15, -0.1) is 6.58 Å². The van der Waals surface area contributed by atoms with E-state index in [0.717, 1.165) is 12.1 Å². The lowest BCUT2D eigenvalue weighted by atomic mass is 10.1. The zero-order valence-corrected chi connectivity index (χ0v) is 12.4. The van der Waals surface area contributed by atoms with E-state index in [0.29, 0.717) is 25.2 Å². The molecule has 0 amide bonds. The second-order valence-electron chi connectivity index (χ2n) is 5.50. The number of aryl methyl sites for hydroxylation is 1. The largest absolute Gasteiger partial charge is 0.478 e. The predicted molar refractivity (Wildman–Crippen MR) is 80.7 cm³/mol. The third-order valence-corrected chi connectivity index (χ3v) is 3.79. The fraction of sp³-hybridized carbons (Fsp3) is 0.500. The number of rotatable bonds is 5. The van der Waals surface area contributed by atoms with Crippen LogP contribution >= 0.6 is 0 Å². The molecular weight excluding hydrogens is 290 g/mol. The molecule has 120 valence electrons. The van der Waals surface area contributed by atoms with Crippen LogP contribution in [0.2, 0.25) is 0 Å². The first-order valence-electron chi connectivity index (χ1n) is 7.40. The summed E-state index contributed by atoms with van der Waals surface area (Å²) in [5, 5.41) is 9.31. The summed E-state index contributed by atoms with van der Waals surface area (Å²) in [5.41, 5.74) is 0.809. The highest BCUT2D eigenvalue weighted by Crippen LogP contribution is 2.30. The monoisotopic (exact) mass is 310 g/mol. The minimum atomic E-state index is -2.68. The van der Waals surface area contributed by atoms with E-state index >= 15 is 0 Å². The van der Waals surface area contributed by atoms with Crippen molar-refractivity contribution in [3.05, 3.63) is 36.0 Å². The highest BCUT2D eigenvalue weighted by atomic mass is 19.3. The first-order chi connectivity index (χ1) is 10.4. The first kappa shape index (κ1) is 16.4. The van der Waals surface area contributed by atoms with Crippen LogP contribution in [0.4, 0.5) is 14.6 Å². The molecule has 0 atom stereocenters. The minimum absolute atomic E-state index is 0.0626. The number of aromatic nitrogens is 1. The van der Waals surface area contributed by atoms with Crippen LogP contribution in [-0.4, -0.2) is 35.1 Å². The molecule has 6 heteroatoms. The van der Waals surface area contributed by atoms with E-state index in [1.807, 2.05) is 0 Å². The van der Waals surface area contributed by atoms with Gasteiger partial charge in [-0.3, -0.25) is 0 Å². The Morgan fingerprint density at radius 3 is 2.86 bits per heavy atom. The molecule has 4 nitrogen and oxygen atoms in total. The molecule has 1 fully saturated rings. The van der Waals surface area contributed by atoms with Crippen LogP contribution in [0.25, 0.3) is 0 Å². The lowest BCUT2D eigenvalue weighted by Gasteiger charge is -2.23. The Labute approximate surface area is 128 Å². The molecule has 0 bridgehead atoms. The summed E-state index contributed by atoms with van der Waals surface area (Å²) in [6.07, 6.45) is 3.04. The van der Waals surface area contributed by atoms with E-state index < -0.39 is 11.9 Å². The number of anilines is 1. The Morgan fingerprint density at radius 1 is 1.41 bits per heavy atom. The van der Waals surface area contributed by atoms with Crippen LogP contribution in [0, 0.1) is 0 Å². The summed E-state index contributed by atoms with van der Waals surface area (Å²) < 4.78 is 27.0. The van der Waals surface area contributed by atoms with Crippen LogP contribution in [0.3, 0.4) is 0 Å². The summed E-state index contributed by atoms with van der Waals surface area (Å²) in [5.74, 6) is -3.47. The molecule has 0 radical (unpaired) electrons. The summed E-state index contributed by atoms with van der Waals surface area (Å²) in [4.78, 5) is 17.4. The maximum Gasteiger partial charge on any atom is 0.339 e. The second-order valence-corrected chi connectivity index (χ2v) is 5.50. The number of carbonyl (C=O) groups is 1. The standard InChI is InChI=1S/C16H20F2N2O2/c1-2-3-5-12-6-7-13(15(21)22)14(19-12)20-10-4-8-16(17,18)9-11-20/h2,6-7H,1,3-5,8-11H2,(H,21,22). The number of allylic oxidation sites excluding steroid dienone is 1. The SMILES string of the molecule is C=CCCc1ccc(C(=O)O)c(N2CCCC(F)(F)CC2)n1. The topological polar surface area (TPSA) is 53.4 Å². The molecule has 2 rings (SSSR count). The molecule has 0 unspecified atom stereocenters. The molecule has 2 heterocycles. The molecule has 0 aromatic carbocycles. The van der Waals surface area contributed by atoms with Gasteiger partial charge in [-0.1, -0.05) is 6.08 Å². The summed E-state index contributed by atoms with van der Waals surface area (Å²) in [6, 6.07) is 3.18. The van der Waals surface area contributed by atoms with Gasteiger partial charge in [-0.2, -0.15) is 0 Å². The molecule has 1 aliphatic rings. The van der Waals surface area contributed by atoms with Gasteiger partial charge in [0.1, 0.15) is 11.4 Å². The predicted octanol–water partition coefficient (Wildman–Crippen LogP) is 3.52. The summed E-state index contributed by atoms with van der Waals surface area (Å²) in [6.45, 7) is 4.16. The number of hydrogen-bond donors (Lipinski definition) is 1. The number of nitrogens with zero attached hydrogens (tertiary/aromatic N) is 2. The van der Waals surface area contributed by atoms with Crippen LogP contribution in [-0.2, 0) is 6.42 Å². The summed E-state index contributed by atoms with van der Waals surface area (Å²) in [7, 11) is 0. The van der Waals surface area contributed by atoms with Gasteiger partial charge >= 0.3 is 5.97 Å². The van der Waals surface area contributed by atoms with Gasteiger partial charge in [0.05, 0.1) is 0 Å². The van der Waals surface area contributed by atoms with E-state index in [-0.39, 0.29) is 24.9 Å². The van der Waals surface area contributed by atoms with Crippen molar-refractivity contribution in [1.29, 1.82) is 0 Å². The Bertz CT molecular complexity index is 561. The van der Waals surface area contributed by atoms with Gasteiger partial charge in [0.15, 0.2) is 0 Å². The van der Waals surface area contributed by atoms with Crippen LogP contribution < -0.4 is 4.90 Å². The van der Waals surface area contributed by atoms with Gasteiger partial charge in [0.25, 0.3) is 0 Å². The minimum Gasteiger partial charge on any atom is -0.478 e. The van der Waals surface area contributed by atoms with Crippen LogP contribution in [0.1, 0.15) is 41.7 Å². The maximum absolute atomic E-state index is 13.5. The number of halogens is 2. The molecule has 0 saturated carbocycles. The highest BCUT2D eigenvalue weighted by Gasteiger charge is 2.33. The number of alkyl halides is 2. The smallest absolute Gasteiger partial charge is 0.339 e. The van der Waals surface area contributed by atoms with Crippen molar-refractivity contribution in [2.24, 2.45) is 0 Å². The lowest BCUT2D eigenvalue weighted by Crippen LogP contribution is -2.28. The van der Waals surface area contributed by atoms with Crippen LogP contribution in [0.15, 0.2) is 24.8 Å². The van der Waals surface area contributed by atoms with Gasteiger partial charge in [-0.25, -0.2) is 18.6 Å². The fourth-order valence-electron chi connectivity index (χ4n) is 2.56. The normalized spacial score (nSPS) is 17.8. The van der Waals surface area contributed by atoms with Crippen molar-refractivity contribution in [2.75, 3.05) is 18.0 Å². The van der Waals surface area contributed by atoms with E-state index in [1.165, 1.54) is 6.07 Å². The Kier molecular flexibility index (Phi) is 5.11. The van der Waals surface area contributed by atoms with E-state index in [9.17, 15) is 18.7 Å². The number of aromatic carboxylic acids is 1. The van der Waals surface area contributed by atoms with E-state index in [2.05, 4.69) is 11.6 Å². The number of pyridine rings is 1. The molecule has 1 aliphatic heterocycles. The summed E-state index contributed by atoms with van der Waals surface area (Å²) >= 11 is 0. The molecule has 22 heavy (non-hydrogen) atoms. The zero-order valence-electron chi connectivity index (χ0n) is 12.4. The second kappa shape index (κ2) is 6.85. The van der Waals surface area contributed by atoms with Crippen molar-refractivity contribution in [2.45, 2.75) is 38.0 Å². The number of carboxylic acid groups (broad SMARTS) is 1. The zero-order chi connectivity index (χ0) is 16.2. The Balaban J connectivity index is 2.29. The third kappa shape index (κ3) is 4.02. The van der Waals surface area contributed by atoms with Crippen molar-refractivity contribution in [3.63, 3.8) is 0 Å². The Hall–Kier alpha value is -1.98. The van der Waals surface area contributed by atoms with Crippen molar-refractivity contribution in [3.8, 4) is 0 Å². The van der Waals surface area contributed by atoms with Crippen LogP contribution in [0.5, 0.6) is 0 Å². The maximum atomic E-state index is 13.5. The quantitative estimate of drug-likeness (QED) is 0.845. The van der Waals surface area contributed by atoms with Gasteiger partial charge in [-0.05, 0) is 31.4 Å². The lowest BCUT2D eigenvalue weighted by molar-refractivity contribution is -0.0102. The fourth-order valence-corrected chi connectivity index (χ4v) is 2.56. The van der Waals surface area contributed by atoms with Crippen molar-refractivity contribution >= 4 is 11.8 Å². The highest BCUT2D eigenvalue weighted by molar-refractivity contribution is 5.93. The average molecular weight is 310 g/mol. The van der Waals surface area contributed by atoms with Crippen molar-refractivity contribution in [1.82, 2.24) is 4.98 Å². The molecule has 0 aliphatic carbocycles. The number of carboxylic acids is 1. The average Bonchev–Trinajstić information content (AvgIpc) is 2.65. The Morgan fingerprint density at radius 2 is 2.18 bits per heavy atom.